The van der Waals surface area contributed by atoms with Crippen LogP contribution in [-0.4, -0.2) is 25.1 Å². The largest absolute Gasteiger partial charge is 0.372 e. The molecular formula is C15H26N2S. The molecule has 0 fully saturated rings. The smallest absolute Gasteiger partial charge is 0.0366 e. The van der Waals surface area contributed by atoms with Crippen LogP contribution in [0.15, 0.2) is 24.3 Å². The van der Waals surface area contributed by atoms with Crippen molar-refractivity contribution in [3.8, 4) is 0 Å². The Morgan fingerprint density at radius 2 is 1.89 bits per heavy atom. The molecule has 102 valence electrons. The Hall–Kier alpha value is -0.670. The minimum Gasteiger partial charge on any atom is -0.372 e. The van der Waals surface area contributed by atoms with Gasteiger partial charge >= 0.3 is 0 Å². The predicted octanol–water partition coefficient (Wildman–Crippen LogP) is 3.67. The maximum Gasteiger partial charge on any atom is 0.0366 e. The maximum absolute atomic E-state index is 6.03. The topological polar surface area (TPSA) is 29.3 Å². The van der Waals surface area contributed by atoms with Crippen molar-refractivity contribution in [2.75, 3.05) is 24.0 Å². The second kappa shape index (κ2) is 7.70. The van der Waals surface area contributed by atoms with E-state index in [1.54, 1.807) is 0 Å². The van der Waals surface area contributed by atoms with E-state index in [2.05, 4.69) is 56.3 Å². The third kappa shape index (κ3) is 4.21. The Morgan fingerprint density at radius 1 is 1.28 bits per heavy atom. The van der Waals surface area contributed by atoms with Gasteiger partial charge in [-0.05, 0) is 49.5 Å². The molecule has 0 aromatic heterocycles. The number of hydrogen-bond acceptors (Lipinski definition) is 3. The molecule has 2 atom stereocenters. The van der Waals surface area contributed by atoms with E-state index in [1.807, 2.05) is 11.8 Å². The summed E-state index contributed by atoms with van der Waals surface area (Å²) in [4.78, 5) is 2.34. The fourth-order valence-electron chi connectivity index (χ4n) is 1.93. The van der Waals surface area contributed by atoms with Gasteiger partial charge in [-0.3, -0.25) is 0 Å². The summed E-state index contributed by atoms with van der Waals surface area (Å²) in [5.41, 5.74) is 8.53. The molecule has 2 N–H and O–H groups in total. The van der Waals surface area contributed by atoms with Crippen LogP contribution in [0.2, 0.25) is 0 Å². The fraction of sp³-hybridized carbons (Fsp3) is 0.600. The molecule has 0 bridgehead atoms. The lowest BCUT2D eigenvalue weighted by Crippen LogP contribution is -2.29. The quantitative estimate of drug-likeness (QED) is 0.816. The number of anilines is 1. The van der Waals surface area contributed by atoms with Crippen molar-refractivity contribution in [2.24, 2.45) is 5.73 Å². The molecular weight excluding hydrogens is 240 g/mol. The van der Waals surface area contributed by atoms with Gasteiger partial charge in [-0.15, -0.1) is 0 Å². The van der Waals surface area contributed by atoms with Crippen molar-refractivity contribution in [2.45, 2.75) is 38.8 Å². The van der Waals surface area contributed by atoms with Crippen LogP contribution in [0.25, 0.3) is 0 Å². The van der Waals surface area contributed by atoms with Gasteiger partial charge in [-0.2, -0.15) is 11.8 Å². The van der Waals surface area contributed by atoms with Gasteiger partial charge in [0.15, 0.2) is 0 Å². The zero-order valence-electron chi connectivity index (χ0n) is 12.0. The summed E-state index contributed by atoms with van der Waals surface area (Å²) in [6, 6.07) is 9.41. The average molecular weight is 266 g/mol. The molecule has 0 saturated carbocycles. The highest BCUT2D eigenvalue weighted by atomic mass is 32.2. The zero-order chi connectivity index (χ0) is 13.5. The monoisotopic (exact) mass is 266 g/mol. The standard InChI is InChI=1S/C15H26N2S/c1-5-15(16)13-6-8-14(9-7-13)17(3)12(2)10-11-18-4/h6-9,12,15H,5,10-11,16H2,1-4H3/t12?,15-/m0/s1. The number of rotatable bonds is 7. The van der Waals surface area contributed by atoms with Crippen LogP contribution < -0.4 is 10.6 Å². The Kier molecular flexibility index (Phi) is 6.58. The molecule has 0 spiro atoms. The van der Waals surface area contributed by atoms with E-state index in [0.717, 1.165) is 6.42 Å². The number of hydrogen-bond donors (Lipinski definition) is 1. The third-order valence-corrected chi connectivity index (χ3v) is 4.21. The molecule has 1 aromatic carbocycles. The highest BCUT2D eigenvalue weighted by molar-refractivity contribution is 7.98. The number of nitrogens with zero attached hydrogens (tertiary/aromatic N) is 1. The molecule has 0 heterocycles. The van der Waals surface area contributed by atoms with Crippen molar-refractivity contribution >= 4 is 17.4 Å². The van der Waals surface area contributed by atoms with Crippen molar-refractivity contribution in [1.82, 2.24) is 0 Å². The SMILES string of the molecule is CC[C@H](N)c1ccc(N(C)C(C)CCSC)cc1. The molecule has 0 aliphatic heterocycles. The first-order valence-corrected chi connectivity index (χ1v) is 8.06. The Morgan fingerprint density at radius 3 is 2.39 bits per heavy atom. The minimum atomic E-state index is 0.165. The molecule has 0 aliphatic carbocycles. The zero-order valence-corrected chi connectivity index (χ0v) is 12.8. The Labute approximate surface area is 116 Å². The first kappa shape index (κ1) is 15.4. The third-order valence-electron chi connectivity index (χ3n) is 3.57. The minimum absolute atomic E-state index is 0.165. The summed E-state index contributed by atoms with van der Waals surface area (Å²) in [5, 5.41) is 0. The van der Waals surface area contributed by atoms with Gasteiger partial charge in [0.2, 0.25) is 0 Å². The van der Waals surface area contributed by atoms with Crippen LogP contribution in [0.3, 0.4) is 0 Å². The first-order chi connectivity index (χ1) is 8.60. The summed E-state index contributed by atoms with van der Waals surface area (Å²) in [6.07, 6.45) is 4.36. The van der Waals surface area contributed by atoms with E-state index >= 15 is 0 Å². The summed E-state index contributed by atoms with van der Waals surface area (Å²) in [7, 11) is 2.17. The fourth-order valence-corrected chi connectivity index (χ4v) is 2.51. The van der Waals surface area contributed by atoms with Gasteiger partial charge in [-0.1, -0.05) is 19.1 Å². The molecule has 0 radical (unpaired) electrons. The van der Waals surface area contributed by atoms with E-state index in [1.165, 1.54) is 23.4 Å². The van der Waals surface area contributed by atoms with Gasteiger partial charge in [0.05, 0.1) is 0 Å². The number of thioether (sulfide) groups is 1. The van der Waals surface area contributed by atoms with E-state index in [4.69, 9.17) is 5.73 Å². The van der Waals surface area contributed by atoms with Crippen LogP contribution >= 0.6 is 11.8 Å². The molecule has 3 heteroatoms. The number of benzene rings is 1. The van der Waals surface area contributed by atoms with Gasteiger partial charge in [0, 0.05) is 24.8 Å². The van der Waals surface area contributed by atoms with Gasteiger partial charge in [0.25, 0.3) is 0 Å². The van der Waals surface area contributed by atoms with Crippen LogP contribution in [0, 0.1) is 0 Å². The highest BCUT2D eigenvalue weighted by Gasteiger charge is 2.10. The van der Waals surface area contributed by atoms with Crippen LogP contribution in [0.1, 0.15) is 38.3 Å². The van der Waals surface area contributed by atoms with Crippen LogP contribution in [0.5, 0.6) is 0 Å². The summed E-state index contributed by atoms with van der Waals surface area (Å²) in [5.74, 6) is 1.21. The Bertz CT molecular complexity index is 337. The predicted molar refractivity (Wildman–Crippen MR) is 84.5 cm³/mol. The summed E-state index contributed by atoms with van der Waals surface area (Å²) < 4.78 is 0. The van der Waals surface area contributed by atoms with Crippen molar-refractivity contribution < 1.29 is 0 Å². The number of nitrogens with two attached hydrogens (primary N) is 1. The van der Waals surface area contributed by atoms with Gasteiger partial charge in [0.1, 0.15) is 0 Å². The summed E-state index contributed by atoms with van der Waals surface area (Å²) in [6.45, 7) is 4.40. The van der Waals surface area contributed by atoms with Crippen molar-refractivity contribution in [3.63, 3.8) is 0 Å². The average Bonchev–Trinajstić information content (AvgIpc) is 2.43. The lowest BCUT2D eigenvalue weighted by molar-refractivity contribution is 0.668. The molecule has 18 heavy (non-hydrogen) atoms. The Balaban J connectivity index is 2.66. The normalized spacial score (nSPS) is 14.3. The molecule has 0 amide bonds. The summed E-state index contributed by atoms with van der Waals surface area (Å²) >= 11 is 1.91. The highest BCUT2D eigenvalue weighted by Crippen LogP contribution is 2.21. The molecule has 0 saturated heterocycles. The lowest BCUT2D eigenvalue weighted by atomic mass is 10.0. The van der Waals surface area contributed by atoms with Crippen LogP contribution in [0.4, 0.5) is 5.69 Å². The van der Waals surface area contributed by atoms with E-state index in [-0.39, 0.29) is 6.04 Å². The molecule has 1 rings (SSSR count). The first-order valence-electron chi connectivity index (χ1n) is 6.67. The van der Waals surface area contributed by atoms with E-state index in [9.17, 15) is 0 Å². The van der Waals surface area contributed by atoms with E-state index < -0.39 is 0 Å². The van der Waals surface area contributed by atoms with Gasteiger partial charge < -0.3 is 10.6 Å². The molecule has 1 unspecified atom stereocenters. The lowest BCUT2D eigenvalue weighted by Gasteiger charge is -2.27. The van der Waals surface area contributed by atoms with Crippen molar-refractivity contribution in [1.29, 1.82) is 0 Å². The molecule has 1 aromatic rings. The second-order valence-electron chi connectivity index (χ2n) is 4.85. The molecule has 0 aliphatic rings. The van der Waals surface area contributed by atoms with Crippen LogP contribution in [-0.2, 0) is 0 Å². The van der Waals surface area contributed by atoms with Crippen molar-refractivity contribution in [3.05, 3.63) is 29.8 Å². The van der Waals surface area contributed by atoms with Gasteiger partial charge in [-0.25, -0.2) is 0 Å². The van der Waals surface area contributed by atoms with E-state index in [0.29, 0.717) is 6.04 Å². The molecule has 2 nitrogen and oxygen atoms in total. The maximum atomic E-state index is 6.03. The second-order valence-corrected chi connectivity index (χ2v) is 5.83.